The summed E-state index contributed by atoms with van der Waals surface area (Å²) in [5, 5.41) is 15.5. The van der Waals surface area contributed by atoms with Crippen LogP contribution in [0.25, 0.3) is 0 Å². The Morgan fingerprint density at radius 2 is 1.71 bits per heavy atom. The maximum absolute atomic E-state index is 13.3. The van der Waals surface area contributed by atoms with E-state index >= 15 is 0 Å². The number of hydrazone groups is 1. The van der Waals surface area contributed by atoms with E-state index in [1.807, 2.05) is 54.3 Å². The number of benzene rings is 2. The first-order valence-electron chi connectivity index (χ1n) is 11.5. The molecule has 1 atom stereocenters. The highest BCUT2D eigenvalue weighted by Gasteiger charge is 2.26. The van der Waals surface area contributed by atoms with Gasteiger partial charge in [-0.1, -0.05) is 42.5 Å². The first kappa shape index (κ1) is 23.7. The second-order valence-electron chi connectivity index (χ2n) is 8.28. The van der Waals surface area contributed by atoms with Gasteiger partial charge >= 0.3 is 0 Å². The molecule has 2 aromatic carbocycles. The van der Waals surface area contributed by atoms with E-state index in [9.17, 15) is 4.79 Å². The Bertz CT molecular complexity index is 1180. The summed E-state index contributed by atoms with van der Waals surface area (Å²) in [6.45, 7) is 4.53. The van der Waals surface area contributed by atoms with E-state index in [-0.39, 0.29) is 18.5 Å². The molecular formula is C26H28N8O. The molecule has 2 N–H and O–H groups in total. The van der Waals surface area contributed by atoms with Crippen molar-refractivity contribution in [2.75, 3.05) is 37.6 Å². The molecule has 1 fully saturated rings. The maximum atomic E-state index is 13.3. The topological polar surface area (TPSA) is 115 Å². The monoisotopic (exact) mass is 468 g/mol. The summed E-state index contributed by atoms with van der Waals surface area (Å²) < 4.78 is 0. The highest BCUT2D eigenvalue weighted by Crippen LogP contribution is 2.22. The van der Waals surface area contributed by atoms with Crippen LogP contribution in [0.5, 0.6) is 0 Å². The Kier molecular flexibility index (Phi) is 7.53. The van der Waals surface area contributed by atoms with Crippen LogP contribution in [0.15, 0.2) is 78.2 Å². The van der Waals surface area contributed by atoms with E-state index in [0.29, 0.717) is 43.5 Å². The van der Waals surface area contributed by atoms with E-state index in [1.165, 1.54) is 0 Å². The average Bonchev–Trinajstić information content (AvgIpc) is 2.93. The van der Waals surface area contributed by atoms with Gasteiger partial charge in [0.1, 0.15) is 6.54 Å². The zero-order valence-electron chi connectivity index (χ0n) is 19.7. The Balaban J connectivity index is 1.49. The van der Waals surface area contributed by atoms with Gasteiger partial charge in [-0.15, -0.1) is 0 Å². The fourth-order valence-corrected chi connectivity index (χ4v) is 3.92. The van der Waals surface area contributed by atoms with Crippen LogP contribution in [0.1, 0.15) is 29.7 Å². The minimum absolute atomic E-state index is 0.0243. The second-order valence-corrected chi connectivity index (χ2v) is 8.28. The number of piperazine rings is 1. The molecule has 1 amide bonds. The summed E-state index contributed by atoms with van der Waals surface area (Å²) >= 11 is 0. The van der Waals surface area contributed by atoms with Crippen molar-refractivity contribution in [3.63, 3.8) is 0 Å². The third-order valence-corrected chi connectivity index (χ3v) is 6.04. The highest BCUT2D eigenvalue weighted by molar-refractivity contribution is 5.97. The standard InChI is InChI=1S/C26H28N8O/c1-20(22-10-8-21(18-27)9-11-22)34(31-25(28)23-6-3-2-4-7-23)19-24(35)32-14-16-33(17-15-32)26-29-12-5-13-30-26/h2-13,20H,14-17,19H2,1H3,(H2,28,31). The van der Waals surface area contributed by atoms with E-state index in [0.717, 1.165) is 11.1 Å². The molecule has 0 radical (unpaired) electrons. The summed E-state index contributed by atoms with van der Waals surface area (Å²) in [6.07, 6.45) is 3.44. The molecule has 0 saturated carbocycles. The van der Waals surface area contributed by atoms with Gasteiger partial charge in [0.2, 0.25) is 11.9 Å². The van der Waals surface area contributed by atoms with Gasteiger partial charge in [-0.2, -0.15) is 10.4 Å². The number of amidine groups is 1. The molecule has 1 aliphatic heterocycles. The van der Waals surface area contributed by atoms with Gasteiger partial charge < -0.3 is 15.5 Å². The van der Waals surface area contributed by atoms with Crippen molar-refractivity contribution in [3.05, 3.63) is 89.7 Å². The van der Waals surface area contributed by atoms with Crippen LogP contribution in [0, 0.1) is 11.3 Å². The van der Waals surface area contributed by atoms with Gasteiger partial charge in [0, 0.05) is 44.1 Å². The predicted octanol–water partition coefficient (Wildman–Crippen LogP) is 2.38. The van der Waals surface area contributed by atoms with Gasteiger partial charge in [-0.05, 0) is 30.7 Å². The first-order valence-corrected chi connectivity index (χ1v) is 11.5. The number of nitriles is 1. The summed E-state index contributed by atoms with van der Waals surface area (Å²) in [7, 11) is 0. The number of anilines is 1. The molecule has 0 spiro atoms. The molecule has 9 heteroatoms. The number of carbonyl (C=O) groups is 1. The number of aromatic nitrogens is 2. The van der Waals surface area contributed by atoms with Crippen molar-refractivity contribution >= 4 is 17.7 Å². The third-order valence-electron chi connectivity index (χ3n) is 6.04. The summed E-state index contributed by atoms with van der Waals surface area (Å²) in [5.41, 5.74) is 8.62. The van der Waals surface area contributed by atoms with Crippen LogP contribution in [0.4, 0.5) is 5.95 Å². The van der Waals surface area contributed by atoms with Crippen LogP contribution in [0.3, 0.4) is 0 Å². The normalized spacial score (nSPS) is 14.8. The molecule has 0 aliphatic carbocycles. The molecule has 35 heavy (non-hydrogen) atoms. The largest absolute Gasteiger partial charge is 0.382 e. The minimum atomic E-state index is -0.229. The molecule has 178 valence electrons. The number of nitrogens with zero attached hydrogens (tertiary/aromatic N) is 7. The second kappa shape index (κ2) is 11.1. The SMILES string of the molecule is CC(c1ccc(C#N)cc1)N(CC(=O)N1CCN(c2ncccn2)CC1)/N=C(\N)c1ccccc1. The van der Waals surface area contributed by atoms with Crippen molar-refractivity contribution in [1.29, 1.82) is 5.26 Å². The maximum Gasteiger partial charge on any atom is 0.244 e. The minimum Gasteiger partial charge on any atom is -0.382 e. The molecule has 1 aromatic heterocycles. The fourth-order valence-electron chi connectivity index (χ4n) is 3.92. The smallest absolute Gasteiger partial charge is 0.244 e. The van der Waals surface area contributed by atoms with Crippen molar-refractivity contribution < 1.29 is 4.79 Å². The number of amides is 1. The number of carbonyl (C=O) groups excluding carboxylic acids is 1. The van der Waals surface area contributed by atoms with Crippen LogP contribution >= 0.6 is 0 Å². The lowest BCUT2D eigenvalue weighted by molar-refractivity contribution is -0.133. The number of rotatable bonds is 7. The van der Waals surface area contributed by atoms with Gasteiger partial charge in [-0.3, -0.25) is 9.80 Å². The van der Waals surface area contributed by atoms with Crippen LogP contribution in [-0.2, 0) is 4.79 Å². The van der Waals surface area contributed by atoms with Crippen LogP contribution in [-0.4, -0.2) is 64.3 Å². The van der Waals surface area contributed by atoms with Gasteiger partial charge in [0.05, 0.1) is 17.7 Å². The van der Waals surface area contributed by atoms with Crippen LogP contribution < -0.4 is 10.6 Å². The predicted molar refractivity (Wildman–Crippen MR) is 134 cm³/mol. The van der Waals surface area contributed by atoms with Gasteiger partial charge in [-0.25, -0.2) is 9.97 Å². The quantitative estimate of drug-likeness (QED) is 0.322. The fraction of sp³-hybridized carbons (Fsp3) is 0.269. The molecule has 0 bridgehead atoms. The zero-order chi connectivity index (χ0) is 24.6. The Morgan fingerprint density at radius 3 is 2.34 bits per heavy atom. The lowest BCUT2D eigenvalue weighted by atomic mass is 10.1. The Labute approximate surface area is 205 Å². The average molecular weight is 469 g/mol. The number of nitrogens with two attached hydrogens (primary N) is 1. The van der Waals surface area contributed by atoms with E-state index in [2.05, 4.69) is 26.0 Å². The number of hydrogen-bond acceptors (Lipinski definition) is 7. The lowest BCUT2D eigenvalue weighted by Crippen LogP contribution is -2.51. The first-order chi connectivity index (χ1) is 17.0. The molecule has 1 aliphatic rings. The number of hydrogen-bond donors (Lipinski definition) is 1. The van der Waals surface area contributed by atoms with Crippen molar-refractivity contribution in [3.8, 4) is 6.07 Å². The molecular weight excluding hydrogens is 440 g/mol. The highest BCUT2D eigenvalue weighted by atomic mass is 16.2. The summed E-state index contributed by atoms with van der Waals surface area (Å²) in [4.78, 5) is 25.8. The lowest BCUT2D eigenvalue weighted by Gasteiger charge is -2.36. The Morgan fingerprint density at radius 1 is 1.06 bits per heavy atom. The summed E-state index contributed by atoms with van der Waals surface area (Å²) in [6, 6.07) is 20.5. The van der Waals surface area contributed by atoms with E-state index < -0.39 is 0 Å². The van der Waals surface area contributed by atoms with Gasteiger partial charge in [0.25, 0.3) is 0 Å². The van der Waals surface area contributed by atoms with E-state index in [4.69, 9.17) is 11.0 Å². The third kappa shape index (κ3) is 5.92. The zero-order valence-corrected chi connectivity index (χ0v) is 19.7. The molecule has 2 heterocycles. The Hall–Kier alpha value is -4.45. The molecule has 1 unspecified atom stereocenters. The van der Waals surface area contributed by atoms with Crippen molar-refractivity contribution in [2.24, 2.45) is 10.8 Å². The molecule has 9 nitrogen and oxygen atoms in total. The van der Waals surface area contributed by atoms with E-state index in [1.54, 1.807) is 35.6 Å². The van der Waals surface area contributed by atoms with Crippen molar-refractivity contribution in [2.45, 2.75) is 13.0 Å². The molecule has 3 aromatic rings. The van der Waals surface area contributed by atoms with Gasteiger partial charge in [0.15, 0.2) is 5.84 Å². The van der Waals surface area contributed by atoms with Crippen molar-refractivity contribution in [1.82, 2.24) is 19.9 Å². The molecule has 4 rings (SSSR count). The molecule has 1 saturated heterocycles. The van der Waals surface area contributed by atoms with Crippen LogP contribution in [0.2, 0.25) is 0 Å². The summed E-state index contributed by atoms with van der Waals surface area (Å²) in [5.74, 6) is 0.990.